The van der Waals surface area contributed by atoms with Crippen LogP contribution in [0.5, 0.6) is 0 Å². The molecule has 2 rings (SSSR count). The van der Waals surface area contributed by atoms with Crippen molar-refractivity contribution in [2.75, 3.05) is 11.4 Å². The molecule has 0 saturated carbocycles. The van der Waals surface area contributed by atoms with Gasteiger partial charge in [-0.25, -0.2) is 8.42 Å². The summed E-state index contributed by atoms with van der Waals surface area (Å²) in [5.74, 6) is -0.0450. The van der Waals surface area contributed by atoms with Crippen LogP contribution in [0.25, 0.3) is 0 Å². The lowest BCUT2D eigenvalue weighted by Crippen LogP contribution is -2.27. The highest BCUT2D eigenvalue weighted by molar-refractivity contribution is 7.92. The van der Waals surface area contributed by atoms with E-state index < -0.39 is 10.0 Å². The molecule has 0 radical (unpaired) electrons. The molecule has 5 nitrogen and oxygen atoms in total. The summed E-state index contributed by atoms with van der Waals surface area (Å²) in [6.45, 7) is 0.448. The lowest BCUT2D eigenvalue weighted by Gasteiger charge is -2.19. The van der Waals surface area contributed by atoms with Gasteiger partial charge in [0.2, 0.25) is 10.0 Å². The molecule has 0 saturated heterocycles. The Bertz CT molecular complexity index is 655. The third-order valence-electron chi connectivity index (χ3n) is 3.05. The third kappa shape index (κ3) is 3.34. The predicted molar refractivity (Wildman–Crippen MR) is 79.6 cm³/mol. The second kappa shape index (κ2) is 6.02. The summed E-state index contributed by atoms with van der Waals surface area (Å²) in [5.41, 5.74) is 7.83. The SMILES string of the molecule is CN(c1ccncc1)S(=O)(=O)Cc1ccc(CN)cc1. The van der Waals surface area contributed by atoms with Gasteiger partial charge in [0.05, 0.1) is 11.4 Å². The van der Waals surface area contributed by atoms with Crippen molar-refractivity contribution in [2.24, 2.45) is 5.73 Å². The molecule has 20 heavy (non-hydrogen) atoms. The number of hydrogen-bond donors (Lipinski definition) is 1. The lowest BCUT2D eigenvalue weighted by molar-refractivity contribution is 0.593. The minimum Gasteiger partial charge on any atom is -0.326 e. The van der Waals surface area contributed by atoms with Crippen molar-refractivity contribution < 1.29 is 8.42 Å². The summed E-state index contributed by atoms with van der Waals surface area (Å²) in [6.07, 6.45) is 3.13. The third-order valence-corrected chi connectivity index (χ3v) is 4.79. The van der Waals surface area contributed by atoms with Crippen LogP contribution in [0.3, 0.4) is 0 Å². The fourth-order valence-corrected chi connectivity index (χ4v) is 3.04. The van der Waals surface area contributed by atoms with Crippen LogP contribution in [-0.2, 0) is 22.3 Å². The number of nitrogens with zero attached hydrogens (tertiary/aromatic N) is 2. The molecule has 106 valence electrons. The number of anilines is 1. The van der Waals surface area contributed by atoms with E-state index in [1.165, 1.54) is 4.31 Å². The quantitative estimate of drug-likeness (QED) is 0.906. The van der Waals surface area contributed by atoms with Gasteiger partial charge in [-0.1, -0.05) is 24.3 Å². The van der Waals surface area contributed by atoms with Crippen LogP contribution < -0.4 is 10.0 Å². The molecule has 0 aliphatic heterocycles. The number of hydrogen-bond acceptors (Lipinski definition) is 4. The number of aromatic nitrogens is 1. The van der Waals surface area contributed by atoms with Crippen molar-refractivity contribution in [1.82, 2.24) is 4.98 Å². The molecule has 0 atom stereocenters. The zero-order valence-corrected chi connectivity index (χ0v) is 12.0. The minimum atomic E-state index is -3.41. The van der Waals surface area contributed by atoms with Crippen LogP contribution in [0, 0.1) is 0 Å². The first-order chi connectivity index (χ1) is 9.53. The minimum absolute atomic E-state index is 0.0450. The molecule has 0 aliphatic rings. The van der Waals surface area contributed by atoms with E-state index in [9.17, 15) is 8.42 Å². The van der Waals surface area contributed by atoms with Gasteiger partial charge in [0.25, 0.3) is 0 Å². The Morgan fingerprint density at radius 3 is 2.15 bits per heavy atom. The first-order valence-electron chi connectivity index (χ1n) is 6.17. The van der Waals surface area contributed by atoms with Crippen molar-refractivity contribution in [3.8, 4) is 0 Å². The number of sulfonamides is 1. The summed E-state index contributed by atoms with van der Waals surface area (Å²) in [5, 5.41) is 0. The van der Waals surface area contributed by atoms with E-state index >= 15 is 0 Å². The van der Waals surface area contributed by atoms with Crippen molar-refractivity contribution >= 4 is 15.7 Å². The molecule has 1 aromatic heterocycles. The second-order valence-corrected chi connectivity index (χ2v) is 6.45. The maximum Gasteiger partial charge on any atom is 0.239 e. The Morgan fingerprint density at radius 2 is 1.60 bits per heavy atom. The Hall–Kier alpha value is -1.92. The molecule has 0 unspecified atom stereocenters. The van der Waals surface area contributed by atoms with Gasteiger partial charge in [-0.3, -0.25) is 9.29 Å². The average Bonchev–Trinajstić information content (AvgIpc) is 2.48. The van der Waals surface area contributed by atoms with Gasteiger partial charge in [-0.2, -0.15) is 0 Å². The van der Waals surface area contributed by atoms with Crippen LogP contribution in [0.2, 0.25) is 0 Å². The van der Waals surface area contributed by atoms with Gasteiger partial charge in [-0.05, 0) is 23.3 Å². The highest BCUT2D eigenvalue weighted by Crippen LogP contribution is 2.18. The summed E-state index contributed by atoms with van der Waals surface area (Å²) >= 11 is 0. The molecule has 1 aromatic carbocycles. The van der Waals surface area contributed by atoms with Crippen LogP contribution in [0.15, 0.2) is 48.8 Å². The van der Waals surface area contributed by atoms with Crippen LogP contribution in [0.4, 0.5) is 5.69 Å². The van der Waals surface area contributed by atoms with Crippen LogP contribution in [0.1, 0.15) is 11.1 Å². The zero-order valence-electron chi connectivity index (χ0n) is 11.2. The van der Waals surface area contributed by atoms with E-state index in [4.69, 9.17) is 5.73 Å². The molecule has 0 aliphatic carbocycles. The molecule has 0 amide bonds. The summed E-state index contributed by atoms with van der Waals surface area (Å²) in [6, 6.07) is 10.6. The lowest BCUT2D eigenvalue weighted by atomic mass is 10.1. The molecule has 0 spiro atoms. The van der Waals surface area contributed by atoms with Crippen molar-refractivity contribution in [2.45, 2.75) is 12.3 Å². The van der Waals surface area contributed by atoms with E-state index in [2.05, 4.69) is 4.98 Å². The van der Waals surface area contributed by atoms with E-state index in [1.807, 2.05) is 12.1 Å². The maximum atomic E-state index is 12.3. The second-order valence-electron chi connectivity index (χ2n) is 4.45. The Kier molecular flexibility index (Phi) is 4.36. The fourth-order valence-electron chi connectivity index (χ4n) is 1.79. The topological polar surface area (TPSA) is 76.3 Å². The first kappa shape index (κ1) is 14.5. The maximum absolute atomic E-state index is 12.3. The van der Waals surface area contributed by atoms with Gasteiger partial charge >= 0.3 is 0 Å². The van der Waals surface area contributed by atoms with Crippen molar-refractivity contribution in [1.29, 1.82) is 0 Å². The smallest absolute Gasteiger partial charge is 0.239 e. The Balaban J connectivity index is 2.18. The van der Waals surface area contributed by atoms with Gasteiger partial charge < -0.3 is 5.73 Å². The summed E-state index contributed by atoms with van der Waals surface area (Å²) in [7, 11) is -1.87. The number of nitrogens with two attached hydrogens (primary N) is 1. The number of pyridine rings is 1. The molecule has 1 heterocycles. The zero-order chi connectivity index (χ0) is 14.6. The molecule has 6 heteroatoms. The van der Waals surface area contributed by atoms with Crippen LogP contribution >= 0.6 is 0 Å². The van der Waals surface area contributed by atoms with Gasteiger partial charge in [-0.15, -0.1) is 0 Å². The van der Waals surface area contributed by atoms with Crippen molar-refractivity contribution in [3.63, 3.8) is 0 Å². The van der Waals surface area contributed by atoms with Crippen molar-refractivity contribution in [3.05, 3.63) is 59.9 Å². The monoisotopic (exact) mass is 291 g/mol. The Labute approximate surface area is 119 Å². The highest BCUT2D eigenvalue weighted by Gasteiger charge is 2.18. The predicted octanol–water partition coefficient (Wildman–Crippen LogP) is 1.51. The van der Waals surface area contributed by atoms with Gasteiger partial charge in [0.1, 0.15) is 0 Å². The average molecular weight is 291 g/mol. The fraction of sp³-hybridized carbons (Fsp3) is 0.214. The Morgan fingerprint density at radius 1 is 1.05 bits per heavy atom. The molecule has 0 bridgehead atoms. The van der Waals surface area contributed by atoms with Gasteiger partial charge in [0.15, 0.2) is 0 Å². The molecule has 0 fully saturated rings. The van der Waals surface area contributed by atoms with E-state index in [-0.39, 0.29) is 5.75 Å². The van der Waals surface area contributed by atoms with E-state index in [0.717, 1.165) is 11.1 Å². The highest BCUT2D eigenvalue weighted by atomic mass is 32.2. The van der Waals surface area contributed by atoms with Crippen LogP contribution in [-0.4, -0.2) is 20.4 Å². The van der Waals surface area contributed by atoms with E-state index in [0.29, 0.717) is 12.2 Å². The molecule has 2 N–H and O–H groups in total. The largest absolute Gasteiger partial charge is 0.326 e. The molecular formula is C14H17N3O2S. The van der Waals surface area contributed by atoms with E-state index in [1.54, 1.807) is 43.7 Å². The first-order valence-corrected chi connectivity index (χ1v) is 7.78. The summed E-state index contributed by atoms with van der Waals surface area (Å²) in [4.78, 5) is 3.88. The normalized spacial score (nSPS) is 11.3. The molecular weight excluding hydrogens is 274 g/mol. The summed E-state index contributed by atoms with van der Waals surface area (Å²) < 4.78 is 25.9. The number of benzene rings is 1. The molecule has 2 aromatic rings. The standard InChI is InChI=1S/C14H17N3O2S/c1-17(14-6-8-16-9-7-14)20(18,19)11-13-4-2-12(10-15)3-5-13/h2-9H,10-11,15H2,1H3. The number of rotatable bonds is 5. The van der Waals surface area contributed by atoms with Gasteiger partial charge in [0, 0.05) is 26.0 Å².